The van der Waals surface area contributed by atoms with Crippen molar-refractivity contribution in [1.82, 2.24) is 4.98 Å². The fourth-order valence-electron chi connectivity index (χ4n) is 3.58. The van der Waals surface area contributed by atoms with Gasteiger partial charge in [0.05, 0.1) is 5.52 Å². The van der Waals surface area contributed by atoms with Crippen LogP contribution >= 0.6 is 11.6 Å². The average Bonchev–Trinajstić information content (AvgIpc) is 2.97. The zero-order valence-electron chi connectivity index (χ0n) is 12.9. The van der Waals surface area contributed by atoms with E-state index in [0.717, 1.165) is 16.1 Å². The van der Waals surface area contributed by atoms with Gasteiger partial charge in [-0.2, -0.15) is 0 Å². The third-order valence-electron chi connectivity index (χ3n) is 4.64. The predicted molar refractivity (Wildman–Crippen MR) is 104 cm³/mol. The minimum Gasteiger partial charge on any atom is -0.354 e. The molecular formula is C22H14ClN. The van der Waals surface area contributed by atoms with Crippen molar-refractivity contribution >= 4 is 44.2 Å². The maximum absolute atomic E-state index is 6.19. The van der Waals surface area contributed by atoms with Gasteiger partial charge in [-0.25, -0.2) is 0 Å². The van der Waals surface area contributed by atoms with Crippen LogP contribution in [0.4, 0.5) is 0 Å². The average molecular weight is 328 g/mol. The molecule has 0 fully saturated rings. The molecule has 0 unspecified atom stereocenters. The molecule has 1 aromatic heterocycles. The maximum Gasteiger partial charge on any atom is 0.0551 e. The van der Waals surface area contributed by atoms with Crippen molar-refractivity contribution in [1.29, 1.82) is 0 Å². The molecule has 0 spiro atoms. The smallest absolute Gasteiger partial charge is 0.0551 e. The van der Waals surface area contributed by atoms with Gasteiger partial charge >= 0.3 is 0 Å². The Morgan fingerprint density at radius 3 is 2.33 bits per heavy atom. The molecule has 24 heavy (non-hydrogen) atoms. The third kappa shape index (κ3) is 1.95. The van der Waals surface area contributed by atoms with Crippen molar-refractivity contribution in [3.63, 3.8) is 0 Å². The van der Waals surface area contributed by atoms with Gasteiger partial charge in [0.2, 0.25) is 0 Å². The molecule has 5 rings (SSSR count). The highest BCUT2D eigenvalue weighted by Gasteiger charge is 2.14. The summed E-state index contributed by atoms with van der Waals surface area (Å²) in [6.45, 7) is 0. The molecule has 0 aliphatic carbocycles. The number of rotatable bonds is 1. The van der Waals surface area contributed by atoms with Gasteiger partial charge in [0, 0.05) is 26.9 Å². The Morgan fingerprint density at radius 1 is 0.667 bits per heavy atom. The molecule has 0 radical (unpaired) electrons. The minimum atomic E-state index is 0.750. The van der Waals surface area contributed by atoms with Gasteiger partial charge in [0.25, 0.3) is 0 Å². The molecule has 114 valence electrons. The number of halogens is 1. The van der Waals surface area contributed by atoms with Crippen LogP contribution in [0.5, 0.6) is 0 Å². The van der Waals surface area contributed by atoms with Gasteiger partial charge in [0.15, 0.2) is 0 Å². The molecule has 0 saturated carbocycles. The molecule has 0 aliphatic heterocycles. The first-order chi connectivity index (χ1) is 11.8. The highest BCUT2D eigenvalue weighted by atomic mass is 35.5. The Balaban J connectivity index is 2.04. The molecule has 0 amide bonds. The van der Waals surface area contributed by atoms with Crippen LogP contribution in [0.25, 0.3) is 43.7 Å². The molecular weight excluding hydrogens is 314 g/mol. The van der Waals surface area contributed by atoms with E-state index >= 15 is 0 Å². The molecule has 0 atom stereocenters. The number of hydrogen-bond donors (Lipinski definition) is 1. The fraction of sp³-hybridized carbons (Fsp3) is 0. The summed E-state index contributed by atoms with van der Waals surface area (Å²) in [6, 6.07) is 27.4. The van der Waals surface area contributed by atoms with Crippen molar-refractivity contribution < 1.29 is 0 Å². The van der Waals surface area contributed by atoms with Gasteiger partial charge in [0.1, 0.15) is 0 Å². The Bertz CT molecular complexity index is 1200. The van der Waals surface area contributed by atoms with Crippen LogP contribution in [0.3, 0.4) is 0 Å². The van der Waals surface area contributed by atoms with Crippen molar-refractivity contribution in [2.75, 3.05) is 0 Å². The predicted octanol–water partition coefficient (Wildman–Crippen LogP) is 6.79. The summed E-state index contributed by atoms with van der Waals surface area (Å²) in [6.07, 6.45) is 0. The molecule has 5 aromatic rings. The van der Waals surface area contributed by atoms with Crippen LogP contribution < -0.4 is 0 Å². The van der Waals surface area contributed by atoms with E-state index in [-0.39, 0.29) is 0 Å². The summed E-state index contributed by atoms with van der Waals surface area (Å²) in [5.41, 5.74) is 4.70. The topological polar surface area (TPSA) is 15.8 Å². The number of fused-ring (bicyclic) bond motifs is 4. The molecule has 0 aliphatic rings. The highest BCUT2D eigenvalue weighted by molar-refractivity contribution is 6.32. The Labute approximate surface area is 144 Å². The first-order valence-electron chi connectivity index (χ1n) is 7.99. The van der Waals surface area contributed by atoms with Gasteiger partial charge in [-0.1, -0.05) is 72.3 Å². The number of nitrogens with one attached hydrogen (secondary N) is 1. The summed E-state index contributed by atoms with van der Waals surface area (Å²) in [7, 11) is 0. The lowest BCUT2D eigenvalue weighted by Gasteiger charge is -2.09. The number of benzene rings is 4. The zero-order valence-corrected chi connectivity index (χ0v) is 13.6. The van der Waals surface area contributed by atoms with Gasteiger partial charge in [-0.05, 0) is 34.5 Å². The van der Waals surface area contributed by atoms with Crippen molar-refractivity contribution in [2.45, 2.75) is 0 Å². The van der Waals surface area contributed by atoms with E-state index in [9.17, 15) is 0 Å². The molecule has 0 saturated heterocycles. The number of H-pyrrole nitrogens is 1. The second kappa shape index (κ2) is 5.12. The highest BCUT2D eigenvalue weighted by Crippen LogP contribution is 2.39. The van der Waals surface area contributed by atoms with E-state index < -0.39 is 0 Å². The lowest BCUT2D eigenvalue weighted by molar-refractivity contribution is 1.54. The van der Waals surface area contributed by atoms with Crippen molar-refractivity contribution in [3.8, 4) is 11.1 Å². The van der Waals surface area contributed by atoms with E-state index in [2.05, 4.69) is 71.7 Å². The van der Waals surface area contributed by atoms with E-state index in [1.807, 2.05) is 12.1 Å². The van der Waals surface area contributed by atoms with Crippen LogP contribution in [-0.2, 0) is 0 Å². The van der Waals surface area contributed by atoms with Crippen LogP contribution in [0.15, 0.2) is 78.9 Å². The minimum absolute atomic E-state index is 0.750. The fourth-order valence-corrected chi connectivity index (χ4v) is 3.76. The molecule has 4 aromatic carbocycles. The van der Waals surface area contributed by atoms with Crippen molar-refractivity contribution in [2.24, 2.45) is 0 Å². The monoisotopic (exact) mass is 327 g/mol. The van der Waals surface area contributed by atoms with Crippen LogP contribution in [-0.4, -0.2) is 4.98 Å². The summed E-state index contributed by atoms with van der Waals surface area (Å²) in [5.74, 6) is 0. The van der Waals surface area contributed by atoms with E-state index in [1.165, 1.54) is 32.7 Å². The molecule has 2 heteroatoms. The molecule has 0 bridgehead atoms. The van der Waals surface area contributed by atoms with Crippen LogP contribution in [0.1, 0.15) is 0 Å². The molecule has 1 N–H and O–H groups in total. The van der Waals surface area contributed by atoms with E-state index in [0.29, 0.717) is 0 Å². The summed E-state index contributed by atoms with van der Waals surface area (Å²) >= 11 is 6.19. The first kappa shape index (κ1) is 13.6. The van der Waals surface area contributed by atoms with Crippen LogP contribution in [0, 0.1) is 0 Å². The second-order valence-electron chi connectivity index (χ2n) is 6.08. The summed E-state index contributed by atoms with van der Waals surface area (Å²) in [4.78, 5) is 3.59. The lowest BCUT2D eigenvalue weighted by Crippen LogP contribution is -1.84. The van der Waals surface area contributed by atoms with Crippen molar-refractivity contribution in [3.05, 3.63) is 83.9 Å². The number of aromatic nitrogens is 1. The normalized spacial score (nSPS) is 11.5. The maximum atomic E-state index is 6.19. The standard InChI is InChI=1S/C22H14ClN/c23-16-10-11-18-19-12-15-8-4-5-9-17(15)21(14-6-2-1-3-7-14)22(19)24-20(18)13-16/h1-13,24H. The van der Waals surface area contributed by atoms with Gasteiger partial charge < -0.3 is 4.98 Å². The Morgan fingerprint density at radius 2 is 1.46 bits per heavy atom. The summed E-state index contributed by atoms with van der Waals surface area (Å²) in [5, 5.41) is 5.70. The Hall–Kier alpha value is -2.77. The Kier molecular flexibility index (Phi) is 2.91. The SMILES string of the molecule is Clc1ccc2c(c1)[nH]c1c(-c3ccccc3)c3ccccc3cc12. The van der Waals surface area contributed by atoms with Crippen LogP contribution in [0.2, 0.25) is 5.02 Å². The zero-order chi connectivity index (χ0) is 16.1. The molecule has 1 nitrogen and oxygen atoms in total. The largest absolute Gasteiger partial charge is 0.354 e. The first-order valence-corrected chi connectivity index (χ1v) is 8.37. The van der Waals surface area contributed by atoms with E-state index in [4.69, 9.17) is 11.6 Å². The molecule has 1 heterocycles. The number of hydrogen-bond acceptors (Lipinski definition) is 0. The third-order valence-corrected chi connectivity index (χ3v) is 4.88. The number of aromatic amines is 1. The van der Waals surface area contributed by atoms with Gasteiger partial charge in [-0.3, -0.25) is 0 Å². The lowest BCUT2D eigenvalue weighted by atomic mass is 9.95. The van der Waals surface area contributed by atoms with E-state index in [1.54, 1.807) is 0 Å². The summed E-state index contributed by atoms with van der Waals surface area (Å²) < 4.78 is 0. The quantitative estimate of drug-likeness (QED) is 0.348. The van der Waals surface area contributed by atoms with Gasteiger partial charge in [-0.15, -0.1) is 0 Å². The second-order valence-corrected chi connectivity index (χ2v) is 6.51.